The fourth-order valence-corrected chi connectivity index (χ4v) is 5.28. The Kier molecular flexibility index (Phi) is 5.56. The molecule has 2 aromatic carbocycles. The Morgan fingerprint density at radius 1 is 1.00 bits per heavy atom. The zero-order valence-corrected chi connectivity index (χ0v) is 17.0. The van der Waals surface area contributed by atoms with E-state index in [0.29, 0.717) is 19.4 Å². The molecule has 1 N–H and O–H groups in total. The van der Waals surface area contributed by atoms with Crippen LogP contribution in [0.3, 0.4) is 0 Å². The van der Waals surface area contributed by atoms with Gasteiger partial charge in [0.05, 0.1) is 11.4 Å². The molecule has 2 saturated heterocycles. The van der Waals surface area contributed by atoms with Crippen LogP contribution in [-0.2, 0) is 19.6 Å². The zero-order valence-electron chi connectivity index (χ0n) is 16.2. The molecular formula is C21H25N3O4S. The fraction of sp³-hybridized carbons (Fsp3) is 0.429. The van der Waals surface area contributed by atoms with E-state index >= 15 is 0 Å². The molecule has 0 bridgehead atoms. The highest BCUT2D eigenvalue weighted by Gasteiger charge is 2.34. The molecule has 7 nitrogen and oxygen atoms in total. The molecule has 0 saturated carbocycles. The number of hydrogen-bond acceptors (Lipinski definition) is 4. The summed E-state index contributed by atoms with van der Waals surface area (Å²) in [6, 6.07) is 11.6. The SMILES string of the molecule is O=C(CN1CCC[C@H](NS(=O)(=O)c2ccc3ccccc3c2)C1=O)N1CCCC1. The topological polar surface area (TPSA) is 86.8 Å². The van der Waals surface area contributed by atoms with E-state index in [1.165, 1.54) is 4.90 Å². The minimum Gasteiger partial charge on any atom is -0.341 e. The van der Waals surface area contributed by atoms with E-state index in [-0.39, 0.29) is 23.3 Å². The van der Waals surface area contributed by atoms with E-state index in [4.69, 9.17) is 0 Å². The summed E-state index contributed by atoms with van der Waals surface area (Å²) in [5.41, 5.74) is 0. The lowest BCUT2D eigenvalue weighted by Crippen LogP contribution is -2.54. The highest BCUT2D eigenvalue weighted by atomic mass is 32.2. The van der Waals surface area contributed by atoms with Crippen LogP contribution in [0.4, 0.5) is 0 Å². The molecule has 29 heavy (non-hydrogen) atoms. The first kappa shape index (κ1) is 19.8. The highest BCUT2D eigenvalue weighted by Crippen LogP contribution is 2.21. The number of sulfonamides is 1. The van der Waals surface area contributed by atoms with Gasteiger partial charge in [-0.05, 0) is 48.6 Å². The first-order valence-corrected chi connectivity index (χ1v) is 11.5. The maximum atomic E-state index is 12.9. The third kappa shape index (κ3) is 4.28. The minimum atomic E-state index is -3.84. The van der Waals surface area contributed by atoms with Crippen LogP contribution < -0.4 is 4.72 Å². The predicted octanol–water partition coefficient (Wildman–Crippen LogP) is 1.73. The van der Waals surface area contributed by atoms with Gasteiger partial charge in [0.2, 0.25) is 21.8 Å². The quantitative estimate of drug-likeness (QED) is 0.806. The average molecular weight is 416 g/mol. The molecule has 2 aliphatic rings. The molecule has 0 radical (unpaired) electrons. The molecule has 2 aromatic rings. The van der Waals surface area contributed by atoms with Crippen LogP contribution in [0.5, 0.6) is 0 Å². The first-order valence-electron chi connectivity index (χ1n) is 10.0. The van der Waals surface area contributed by atoms with Gasteiger partial charge in [-0.15, -0.1) is 0 Å². The maximum absolute atomic E-state index is 12.9. The van der Waals surface area contributed by atoms with Gasteiger partial charge in [0.1, 0.15) is 6.04 Å². The molecule has 0 aliphatic carbocycles. The number of benzene rings is 2. The van der Waals surface area contributed by atoms with E-state index < -0.39 is 16.1 Å². The number of amides is 2. The Labute approximate surface area is 170 Å². The molecule has 2 heterocycles. The van der Waals surface area contributed by atoms with Crippen LogP contribution in [0.15, 0.2) is 47.4 Å². The van der Waals surface area contributed by atoms with E-state index in [1.807, 2.05) is 24.3 Å². The number of fused-ring (bicyclic) bond motifs is 1. The number of carbonyl (C=O) groups excluding carboxylic acids is 2. The molecule has 0 unspecified atom stereocenters. The van der Waals surface area contributed by atoms with Crippen molar-refractivity contribution in [3.8, 4) is 0 Å². The number of carbonyl (C=O) groups is 2. The van der Waals surface area contributed by atoms with Crippen molar-refractivity contribution in [2.75, 3.05) is 26.2 Å². The second-order valence-corrected chi connectivity index (χ2v) is 9.39. The number of rotatable bonds is 5. The van der Waals surface area contributed by atoms with Gasteiger partial charge in [0.15, 0.2) is 0 Å². The van der Waals surface area contributed by atoms with Gasteiger partial charge in [0, 0.05) is 19.6 Å². The van der Waals surface area contributed by atoms with Gasteiger partial charge in [-0.25, -0.2) is 8.42 Å². The molecule has 2 fully saturated rings. The Morgan fingerprint density at radius 2 is 1.72 bits per heavy atom. The van der Waals surface area contributed by atoms with E-state index in [1.54, 1.807) is 23.1 Å². The Morgan fingerprint density at radius 3 is 2.48 bits per heavy atom. The summed E-state index contributed by atoms with van der Waals surface area (Å²) in [7, 11) is -3.84. The number of hydrogen-bond donors (Lipinski definition) is 1. The second-order valence-electron chi connectivity index (χ2n) is 7.67. The Balaban J connectivity index is 1.46. The molecule has 2 amide bonds. The lowest BCUT2D eigenvalue weighted by molar-refractivity contribution is -0.142. The van der Waals surface area contributed by atoms with Crippen molar-refractivity contribution >= 4 is 32.6 Å². The van der Waals surface area contributed by atoms with E-state index in [2.05, 4.69) is 4.72 Å². The monoisotopic (exact) mass is 415 g/mol. The van der Waals surface area contributed by atoms with Gasteiger partial charge in [-0.3, -0.25) is 9.59 Å². The minimum absolute atomic E-state index is 0.0209. The predicted molar refractivity (Wildman–Crippen MR) is 110 cm³/mol. The summed E-state index contributed by atoms with van der Waals surface area (Å²) >= 11 is 0. The Hall–Kier alpha value is -2.45. The number of nitrogens with one attached hydrogen (secondary N) is 1. The number of likely N-dealkylation sites (tertiary alicyclic amines) is 2. The molecule has 0 aromatic heterocycles. The second kappa shape index (κ2) is 8.12. The summed E-state index contributed by atoms with van der Waals surface area (Å²) in [4.78, 5) is 28.6. The summed E-state index contributed by atoms with van der Waals surface area (Å²) in [6.07, 6.45) is 3.08. The smallest absolute Gasteiger partial charge is 0.242 e. The molecule has 4 rings (SSSR count). The van der Waals surface area contributed by atoms with Crippen molar-refractivity contribution in [3.05, 3.63) is 42.5 Å². The number of nitrogens with zero attached hydrogens (tertiary/aromatic N) is 2. The normalized spacial score (nSPS) is 20.4. The van der Waals surface area contributed by atoms with E-state index in [9.17, 15) is 18.0 Å². The average Bonchev–Trinajstić information content (AvgIpc) is 3.25. The summed E-state index contributed by atoms with van der Waals surface area (Å²) in [6.45, 7) is 1.97. The van der Waals surface area contributed by atoms with Gasteiger partial charge in [0.25, 0.3) is 0 Å². The third-order valence-corrected chi connectivity index (χ3v) is 7.11. The van der Waals surface area contributed by atoms with Crippen molar-refractivity contribution in [2.24, 2.45) is 0 Å². The lowest BCUT2D eigenvalue weighted by Gasteiger charge is -2.33. The van der Waals surface area contributed by atoms with Crippen molar-refractivity contribution in [2.45, 2.75) is 36.6 Å². The first-order chi connectivity index (χ1) is 13.9. The lowest BCUT2D eigenvalue weighted by atomic mass is 10.1. The fourth-order valence-electron chi connectivity index (χ4n) is 4.03. The number of piperidine rings is 1. The molecule has 0 spiro atoms. The van der Waals surface area contributed by atoms with Gasteiger partial charge < -0.3 is 9.80 Å². The van der Waals surface area contributed by atoms with Gasteiger partial charge >= 0.3 is 0 Å². The van der Waals surface area contributed by atoms with Crippen LogP contribution in [-0.4, -0.2) is 62.3 Å². The van der Waals surface area contributed by atoms with Crippen LogP contribution in [0.2, 0.25) is 0 Å². The largest absolute Gasteiger partial charge is 0.341 e. The molecule has 2 aliphatic heterocycles. The highest BCUT2D eigenvalue weighted by molar-refractivity contribution is 7.89. The molecule has 1 atom stereocenters. The molecule has 154 valence electrons. The maximum Gasteiger partial charge on any atom is 0.242 e. The van der Waals surface area contributed by atoms with Crippen molar-refractivity contribution in [3.63, 3.8) is 0 Å². The summed E-state index contributed by atoms with van der Waals surface area (Å²) < 4.78 is 28.3. The zero-order chi connectivity index (χ0) is 20.4. The van der Waals surface area contributed by atoms with Crippen LogP contribution in [0.25, 0.3) is 10.8 Å². The third-order valence-electron chi connectivity index (χ3n) is 5.64. The van der Waals surface area contributed by atoms with Crippen LogP contribution in [0, 0.1) is 0 Å². The van der Waals surface area contributed by atoms with Crippen molar-refractivity contribution in [1.29, 1.82) is 0 Å². The summed E-state index contributed by atoms with van der Waals surface area (Å²) in [5.74, 6) is -0.387. The van der Waals surface area contributed by atoms with Gasteiger partial charge in [-0.2, -0.15) is 4.72 Å². The molecule has 8 heteroatoms. The van der Waals surface area contributed by atoms with E-state index in [0.717, 1.165) is 36.7 Å². The standard InChI is InChI=1S/C21H25N3O4S/c25-20(23-11-3-4-12-23)15-24-13-5-8-19(21(24)26)22-29(27,28)18-10-9-16-6-1-2-7-17(16)14-18/h1-2,6-7,9-10,14,19,22H,3-5,8,11-13,15H2/t19-/m0/s1. The van der Waals surface area contributed by atoms with Crippen LogP contribution in [0.1, 0.15) is 25.7 Å². The molecular weight excluding hydrogens is 390 g/mol. The van der Waals surface area contributed by atoms with Gasteiger partial charge in [-0.1, -0.05) is 30.3 Å². The van der Waals surface area contributed by atoms with Crippen LogP contribution >= 0.6 is 0 Å². The van der Waals surface area contributed by atoms with Crippen molar-refractivity contribution in [1.82, 2.24) is 14.5 Å². The summed E-state index contributed by atoms with van der Waals surface area (Å²) in [5, 5.41) is 1.77. The Bertz CT molecular complexity index is 1030. The van der Waals surface area contributed by atoms with Crippen molar-refractivity contribution < 1.29 is 18.0 Å².